The fourth-order valence-corrected chi connectivity index (χ4v) is 10.5. The van der Waals surface area contributed by atoms with E-state index in [1.165, 1.54) is 10.4 Å². The molecule has 0 radical (unpaired) electrons. The highest BCUT2D eigenvalue weighted by Crippen LogP contribution is 2.40. The SMILES string of the molecule is C[C@H](NS(=O)C(C)(C)C)/C(F)=C1/CCC[C@H]1CO[Si](c1ccccc1)(c1ccccc1)C(C)(C)C. The van der Waals surface area contributed by atoms with Crippen LogP contribution in [0.15, 0.2) is 72.1 Å². The molecule has 0 aliphatic heterocycles. The van der Waals surface area contributed by atoms with Crippen LogP contribution in [0, 0.1) is 5.92 Å². The van der Waals surface area contributed by atoms with E-state index in [0.29, 0.717) is 6.61 Å². The molecule has 1 fully saturated rings. The zero-order chi connectivity index (χ0) is 25.9. The third-order valence-electron chi connectivity index (χ3n) is 6.94. The minimum absolute atomic E-state index is 0.0315. The van der Waals surface area contributed by atoms with E-state index < -0.39 is 30.1 Å². The number of benzene rings is 2. The Hall–Kier alpha value is -1.60. The number of hydrogen-bond donors (Lipinski definition) is 1. The highest BCUT2D eigenvalue weighted by Gasteiger charge is 2.50. The average molecular weight is 516 g/mol. The van der Waals surface area contributed by atoms with Gasteiger partial charge in [-0.3, -0.25) is 0 Å². The van der Waals surface area contributed by atoms with Crippen LogP contribution in [0.25, 0.3) is 0 Å². The number of nitrogens with one attached hydrogen (secondary N) is 1. The lowest BCUT2D eigenvalue weighted by molar-refractivity contribution is 0.253. The summed E-state index contributed by atoms with van der Waals surface area (Å²) in [5.41, 5.74) is 0.828. The van der Waals surface area contributed by atoms with Gasteiger partial charge < -0.3 is 4.43 Å². The summed E-state index contributed by atoms with van der Waals surface area (Å²) in [5.74, 6) is -0.139. The van der Waals surface area contributed by atoms with E-state index in [1.807, 2.05) is 32.9 Å². The van der Waals surface area contributed by atoms with E-state index in [1.54, 1.807) is 6.92 Å². The first-order chi connectivity index (χ1) is 16.4. The van der Waals surface area contributed by atoms with Gasteiger partial charge in [-0.25, -0.2) is 13.3 Å². The Kier molecular flexibility index (Phi) is 8.95. The molecule has 1 aliphatic carbocycles. The van der Waals surface area contributed by atoms with Crippen LogP contribution in [-0.2, 0) is 15.4 Å². The van der Waals surface area contributed by atoms with Gasteiger partial charge in [-0.2, -0.15) is 0 Å². The van der Waals surface area contributed by atoms with Crippen LogP contribution in [0.5, 0.6) is 0 Å². The van der Waals surface area contributed by atoms with Gasteiger partial charge >= 0.3 is 0 Å². The largest absolute Gasteiger partial charge is 0.407 e. The van der Waals surface area contributed by atoms with Crippen molar-refractivity contribution in [1.82, 2.24) is 4.72 Å². The summed E-state index contributed by atoms with van der Waals surface area (Å²) in [7, 11) is -4.00. The van der Waals surface area contributed by atoms with Crippen LogP contribution in [0.4, 0.5) is 4.39 Å². The van der Waals surface area contributed by atoms with Crippen LogP contribution in [0.1, 0.15) is 67.7 Å². The first-order valence-electron chi connectivity index (χ1n) is 12.7. The zero-order valence-corrected chi connectivity index (χ0v) is 24.2. The first kappa shape index (κ1) is 28.0. The number of halogens is 1. The van der Waals surface area contributed by atoms with E-state index in [2.05, 4.69) is 74.0 Å². The van der Waals surface area contributed by atoms with E-state index in [4.69, 9.17) is 4.43 Å². The van der Waals surface area contributed by atoms with Crippen molar-refractivity contribution < 1.29 is 13.0 Å². The van der Waals surface area contributed by atoms with Crippen molar-refractivity contribution in [2.75, 3.05) is 6.61 Å². The molecular formula is C29H42FNO2SSi. The second kappa shape index (κ2) is 11.2. The Morgan fingerprint density at radius 2 is 1.54 bits per heavy atom. The molecule has 0 heterocycles. The third kappa shape index (κ3) is 6.22. The molecule has 2 aromatic carbocycles. The molecule has 1 unspecified atom stereocenters. The smallest absolute Gasteiger partial charge is 0.261 e. The molecular weight excluding hydrogens is 473 g/mol. The monoisotopic (exact) mass is 515 g/mol. The molecule has 3 rings (SSSR count). The molecule has 0 aromatic heterocycles. The van der Waals surface area contributed by atoms with Gasteiger partial charge in [0.15, 0.2) is 0 Å². The Morgan fingerprint density at radius 1 is 1.03 bits per heavy atom. The topological polar surface area (TPSA) is 38.3 Å². The van der Waals surface area contributed by atoms with Crippen LogP contribution >= 0.6 is 0 Å². The molecule has 6 heteroatoms. The van der Waals surface area contributed by atoms with Gasteiger partial charge in [0, 0.05) is 12.5 Å². The molecule has 0 spiro atoms. The summed E-state index contributed by atoms with van der Waals surface area (Å²) < 4.78 is 37.8. The second-order valence-corrected chi connectivity index (χ2v) is 18.0. The normalized spacial score (nSPS) is 20.5. The highest BCUT2D eigenvalue weighted by molar-refractivity contribution is 7.84. The fourth-order valence-electron chi connectivity index (χ4n) is 5.07. The van der Waals surface area contributed by atoms with Gasteiger partial charge in [-0.15, -0.1) is 0 Å². The minimum Gasteiger partial charge on any atom is -0.407 e. The highest BCUT2D eigenvalue weighted by atomic mass is 32.2. The van der Waals surface area contributed by atoms with Crippen molar-refractivity contribution in [3.63, 3.8) is 0 Å². The zero-order valence-electron chi connectivity index (χ0n) is 22.4. The summed E-state index contributed by atoms with van der Waals surface area (Å²) in [6.45, 7) is 14.7. The lowest BCUT2D eigenvalue weighted by Crippen LogP contribution is -2.66. The van der Waals surface area contributed by atoms with Gasteiger partial charge in [-0.1, -0.05) is 81.4 Å². The number of rotatable bonds is 8. The lowest BCUT2D eigenvalue weighted by Gasteiger charge is -2.43. The summed E-state index contributed by atoms with van der Waals surface area (Å²) in [6.07, 6.45) is 2.59. The minimum atomic E-state index is -2.67. The Bertz CT molecular complexity index is 989. The van der Waals surface area contributed by atoms with Crippen LogP contribution in [0.3, 0.4) is 0 Å². The van der Waals surface area contributed by atoms with Crippen molar-refractivity contribution in [2.45, 2.75) is 83.6 Å². The fraction of sp³-hybridized carbons (Fsp3) is 0.517. The van der Waals surface area contributed by atoms with Crippen molar-refractivity contribution in [3.8, 4) is 0 Å². The summed E-state index contributed by atoms with van der Waals surface area (Å²) >= 11 is 0. The predicted molar refractivity (Wildman–Crippen MR) is 150 cm³/mol. The van der Waals surface area contributed by atoms with Gasteiger partial charge in [0.05, 0.1) is 21.8 Å². The molecule has 192 valence electrons. The second-order valence-electron chi connectivity index (χ2n) is 11.7. The first-order valence-corrected chi connectivity index (χ1v) is 15.7. The Labute approximate surface area is 215 Å². The molecule has 35 heavy (non-hydrogen) atoms. The lowest BCUT2D eigenvalue weighted by atomic mass is 10.0. The van der Waals surface area contributed by atoms with Gasteiger partial charge in [0.2, 0.25) is 0 Å². The van der Waals surface area contributed by atoms with Crippen LogP contribution in [0.2, 0.25) is 5.04 Å². The van der Waals surface area contributed by atoms with Crippen molar-refractivity contribution in [3.05, 3.63) is 72.1 Å². The quantitative estimate of drug-likeness (QED) is 0.436. The summed E-state index contributed by atoms with van der Waals surface area (Å²) in [4.78, 5) is 0. The molecule has 2 aromatic rings. The molecule has 1 N–H and O–H groups in total. The summed E-state index contributed by atoms with van der Waals surface area (Å²) in [6, 6.07) is 20.6. The molecule has 0 bridgehead atoms. The predicted octanol–water partition coefficient (Wildman–Crippen LogP) is 6.03. The molecule has 1 saturated carbocycles. The Balaban J connectivity index is 1.94. The molecule has 1 aliphatic rings. The van der Waals surface area contributed by atoms with Crippen LogP contribution < -0.4 is 15.1 Å². The maximum absolute atomic E-state index is 15.6. The van der Waals surface area contributed by atoms with Gasteiger partial charge in [-0.05, 0) is 67.9 Å². The molecule has 3 nitrogen and oxygen atoms in total. The van der Waals surface area contributed by atoms with Crippen molar-refractivity contribution in [1.29, 1.82) is 0 Å². The van der Waals surface area contributed by atoms with E-state index >= 15 is 4.39 Å². The average Bonchev–Trinajstić information content (AvgIpc) is 3.27. The standard InChI is InChI=1S/C29H42FNO2SSi/c1-22(31-34(32)28(2,3)4)27(30)26-20-14-15-23(26)21-33-35(29(5,6)7,24-16-10-8-11-17-24)25-18-12-9-13-19-25/h8-13,16-19,22-23,31H,14-15,20-21H2,1-7H3/b27-26+/t22-,23-,34?/m0/s1. The maximum atomic E-state index is 15.6. The van der Waals surface area contributed by atoms with Gasteiger partial charge in [0.1, 0.15) is 5.83 Å². The number of hydrogen-bond acceptors (Lipinski definition) is 2. The summed E-state index contributed by atoms with van der Waals surface area (Å²) in [5, 5.41) is 2.35. The van der Waals surface area contributed by atoms with Crippen molar-refractivity contribution >= 4 is 29.7 Å². The van der Waals surface area contributed by atoms with Crippen molar-refractivity contribution in [2.24, 2.45) is 5.92 Å². The molecule has 0 saturated heterocycles. The Morgan fingerprint density at radius 3 is 2.00 bits per heavy atom. The molecule has 0 amide bonds. The van der Waals surface area contributed by atoms with E-state index in [0.717, 1.165) is 24.8 Å². The van der Waals surface area contributed by atoms with E-state index in [9.17, 15) is 4.21 Å². The maximum Gasteiger partial charge on any atom is 0.261 e. The van der Waals surface area contributed by atoms with E-state index in [-0.39, 0.29) is 16.8 Å². The molecule has 3 atom stereocenters. The van der Waals surface area contributed by atoms with Crippen LogP contribution in [-0.4, -0.2) is 29.9 Å². The third-order valence-corrected chi connectivity index (χ3v) is 13.6. The van der Waals surface area contributed by atoms with Gasteiger partial charge in [0.25, 0.3) is 8.32 Å².